The second-order valence-corrected chi connectivity index (χ2v) is 7.00. The van der Waals surface area contributed by atoms with Crippen LogP contribution in [0.2, 0.25) is 0 Å². The van der Waals surface area contributed by atoms with Crippen molar-refractivity contribution in [3.8, 4) is 0 Å². The average molecular weight is 385 g/mol. The number of nitrogens with one attached hydrogen (secondary N) is 1. The molecule has 1 saturated heterocycles. The van der Waals surface area contributed by atoms with Crippen molar-refractivity contribution in [2.45, 2.75) is 18.8 Å². The Bertz CT molecular complexity index is 975. The second kappa shape index (κ2) is 9.10. The highest BCUT2D eigenvalue weighted by Gasteiger charge is 2.27. The van der Waals surface area contributed by atoms with Crippen molar-refractivity contribution in [2.75, 3.05) is 18.4 Å². The van der Waals surface area contributed by atoms with Gasteiger partial charge in [-0.3, -0.25) is 9.78 Å². The number of aromatic nitrogens is 3. The van der Waals surface area contributed by atoms with E-state index in [4.69, 9.17) is 0 Å². The van der Waals surface area contributed by atoms with E-state index in [1.807, 2.05) is 59.5 Å². The minimum atomic E-state index is 0.0293. The molecule has 29 heavy (non-hydrogen) atoms. The van der Waals surface area contributed by atoms with Crippen LogP contribution in [-0.4, -0.2) is 38.8 Å². The lowest BCUT2D eigenvalue weighted by molar-refractivity contribution is -0.127. The van der Waals surface area contributed by atoms with Crippen molar-refractivity contribution in [1.82, 2.24) is 19.9 Å². The van der Waals surface area contributed by atoms with Gasteiger partial charge in [0.2, 0.25) is 5.91 Å². The molecule has 6 nitrogen and oxygen atoms in total. The molecule has 1 unspecified atom stereocenters. The highest BCUT2D eigenvalue weighted by atomic mass is 16.2. The maximum absolute atomic E-state index is 12.7. The molecule has 2 aromatic heterocycles. The van der Waals surface area contributed by atoms with Gasteiger partial charge in [0.15, 0.2) is 5.82 Å². The summed E-state index contributed by atoms with van der Waals surface area (Å²) in [6, 6.07) is 15.5. The zero-order valence-electron chi connectivity index (χ0n) is 16.1. The number of anilines is 2. The maximum Gasteiger partial charge on any atom is 0.246 e. The fourth-order valence-corrected chi connectivity index (χ4v) is 3.54. The zero-order chi connectivity index (χ0) is 19.9. The van der Waals surface area contributed by atoms with E-state index in [-0.39, 0.29) is 11.8 Å². The number of hydrogen-bond donors (Lipinski definition) is 1. The summed E-state index contributed by atoms with van der Waals surface area (Å²) in [5.41, 5.74) is 1.90. The number of nitrogens with zero attached hydrogens (tertiary/aromatic N) is 4. The Hall–Kier alpha value is -3.54. The van der Waals surface area contributed by atoms with Gasteiger partial charge in [-0.2, -0.15) is 0 Å². The van der Waals surface area contributed by atoms with Gasteiger partial charge in [0.1, 0.15) is 5.82 Å². The van der Waals surface area contributed by atoms with Crippen LogP contribution < -0.4 is 5.32 Å². The molecule has 1 amide bonds. The Labute approximate surface area is 170 Å². The molecule has 1 aliphatic heterocycles. The van der Waals surface area contributed by atoms with E-state index >= 15 is 0 Å². The molecule has 3 aromatic rings. The van der Waals surface area contributed by atoms with E-state index < -0.39 is 0 Å². The second-order valence-electron chi connectivity index (χ2n) is 7.00. The van der Waals surface area contributed by atoms with Gasteiger partial charge in [-0.1, -0.05) is 36.4 Å². The van der Waals surface area contributed by atoms with E-state index in [9.17, 15) is 4.79 Å². The fraction of sp³-hybridized carbons (Fsp3) is 0.217. The molecule has 1 aromatic carbocycles. The smallest absolute Gasteiger partial charge is 0.246 e. The first kappa shape index (κ1) is 18.8. The monoisotopic (exact) mass is 385 g/mol. The molecular formula is C23H23N5O. The summed E-state index contributed by atoms with van der Waals surface area (Å²) < 4.78 is 0. The van der Waals surface area contributed by atoms with Crippen LogP contribution in [-0.2, 0) is 4.79 Å². The molecule has 0 aliphatic carbocycles. The first-order valence-electron chi connectivity index (χ1n) is 9.80. The molecule has 3 heterocycles. The van der Waals surface area contributed by atoms with Crippen molar-refractivity contribution >= 4 is 23.6 Å². The van der Waals surface area contributed by atoms with Crippen molar-refractivity contribution in [1.29, 1.82) is 0 Å². The van der Waals surface area contributed by atoms with E-state index in [2.05, 4.69) is 20.3 Å². The third-order valence-corrected chi connectivity index (χ3v) is 4.98. The molecule has 1 N–H and O–H groups in total. The topological polar surface area (TPSA) is 71.0 Å². The van der Waals surface area contributed by atoms with E-state index in [0.717, 1.165) is 36.5 Å². The number of carbonyl (C=O) groups excluding carboxylic acids is 1. The van der Waals surface area contributed by atoms with E-state index in [1.54, 1.807) is 24.7 Å². The van der Waals surface area contributed by atoms with Gasteiger partial charge >= 0.3 is 0 Å². The molecule has 0 spiro atoms. The van der Waals surface area contributed by atoms with Gasteiger partial charge in [0, 0.05) is 43.7 Å². The van der Waals surface area contributed by atoms with Crippen molar-refractivity contribution in [3.63, 3.8) is 0 Å². The molecule has 4 rings (SSSR count). The van der Waals surface area contributed by atoms with Gasteiger partial charge in [0.25, 0.3) is 0 Å². The summed E-state index contributed by atoms with van der Waals surface area (Å²) in [5.74, 6) is 1.59. The van der Waals surface area contributed by atoms with Gasteiger partial charge in [-0.05, 0) is 36.6 Å². The Morgan fingerprint density at radius 2 is 1.83 bits per heavy atom. The predicted octanol–water partition coefficient (Wildman–Crippen LogP) is 4.03. The van der Waals surface area contributed by atoms with Crippen LogP contribution in [0.1, 0.15) is 30.0 Å². The first-order chi connectivity index (χ1) is 14.3. The number of rotatable bonds is 5. The van der Waals surface area contributed by atoms with Crippen LogP contribution in [0.4, 0.5) is 11.6 Å². The fourth-order valence-electron chi connectivity index (χ4n) is 3.54. The summed E-state index contributed by atoms with van der Waals surface area (Å²) in [7, 11) is 0. The van der Waals surface area contributed by atoms with Crippen LogP contribution in [0.5, 0.6) is 0 Å². The minimum absolute atomic E-state index is 0.0293. The van der Waals surface area contributed by atoms with Crippen molar-refractivity contribution < 1.29 is 4.79 Å². The number of hydrogen-bond acceptors (Lipinski definition) is 5. The zero-order valence-corrected chi connectivity index (χ0v) is 16.1. The first-order valence-corrected chi connectivity index (χ1v) is 9.80. The number of likely N-dealkylation sites (tertiary alicyclic amines) is 1. The summed E-state index contributed by atoms with van der Waals surface area (Å²) in [5, 5.41) is 3.26. The largest absolute Gasteiger partial charge is 0.338 e. The highest BCUT2D eigenvalue weighted by Crippen LogP contribution is 2.30. The Kier molecular flexibility index (Phi) is 5.90. The normalized spacial score (nSPS) is 16.7. The van der Waals surface area contributed by atoms with Gasteiger partial charge in [-0.15, -0.1) is 0 Å². The number of amides is 1. The molecule has 1 atom stereocenters. The number of piperidine rings is 1. The van der Waals surface area contributed by atoms with E-state index in [1.165, 1.54) is 0 Å². The summed E-state index contributed by atoms with van der Waals surface area (Å²) in [4.78, 5) is 27.9. The van der Waals surface area contributed by atoms with Gasteiger partial charge < -0.3 is 10.2 Å². The van der Waals surface area contributed by atoms with Gasteiger partial charge in [-0.25, -0.2) is 9.97 Å². The third kappa shape index (κ3) is 4.85. The van der Waals surface area contributed by atoms with Crippen molar-refractivity contribution in [3.05, 3.63) is 84.5 Å². The lowest BCUT2D eigenvalue weighted by atomic mass is 9.94. The number of carbonyl (C=O) groups is 1. The minimum Gasteiger partial charge on any atom is -0.338 e. The lowest BCUT2D eigenvalue weighted by Crippen LogP contribution is -2.38. The van der Waals surface area contributed by atoms with Crippen LogP contribution >= 0.6 is 0 Å². The number of pyridine rings is 1. The number of benzene rings is 1. The summed E-state index contributed by atoms with van der Waals surface area (Å²) in [6.07, 6.45) is 10.5. The molecule has 6 heteroatoms. The molecule has 1 fully saturated rings. The molecule has 146 valence electrons. The summed E-state index contributed by atoms with van der Waals surface area (Å²) in [6.45, 7) is 1.39. The molecular weight excluding hydrogens is 362 g/mol. The Morgan fingerprint density at radius 3 is 2.66 bits per heavy atom. The van der Waals surface area contributed by atoms with Crippen LogP contribution in [0.3, 0.4) is 0 Å². The summed E-state index contributed by atoms with van der Waals surface area (Å²) >= 11 is 0. The molecule has 0 bridgehead atoms. The molecule has 0 radical (unpaired) electrons. The lowest BCUT2D eigenvalue weighted by Gasteiger charge is -2.32. The SMILES string of the molecule is O=C(C=Cc1ccccc1)N1CCCC(c2nccnc2Nc2ccccn2)C1. The van der Waals surface area contributed by atoms with Crippen LogP contribution in [0.15, 0.2) is 73.2 Å². The average Bonchev–Trinajstić information content (AvgIpc) is 2.79. The van der Waals surface area contributed by atoms with Crippen molar-refractivity contribution in [2.24, 2.45) is 0 Å². The maximum atomic E-state index is 12.7. The Morgan fingerprint density at radius 1 is 1.00 bits per heavy atom. The molecule has 0 saturated carbocycles. The Balaban J connectivity index is 1.47. The third-order valence-electron chi connectivity index (χ3n) is 4.98. The van der Waals surface area contributed by atoms with Gasteiger partial charge in [0.05, 0.1) is 5.69 Å². The quantitative estimate of drug-likeness (QED) is 0.671. The van der Waals surface area contributed by atoms with E-state index in [0.29, 0.717) is 12.4 Å². The standard InChI is InChI=1S/C23H23N5O/c29-21(12-11-18-7-2-1-3-8-18)28-16-6-9-19(17-28)22-23(26-15-14-25-22)27-20-10-4-5-13-24-20/h1-5,7-8,10-15,19H,6,9,16-17H2,(H,24,26,27). The molecule has 1 aliphatic rings. The predicted molar refractivity (Wildman–Crippen MR) is 114 cm³/mol. The highest BCUT2D eigenvalue weighted by molar-refractivity contribution is 5.91. The van der Waals surface area contributed by atoms with Crippen LogP contribution in [0, 0.1) is 0 Å². The van der Waals surface area contributed by atoms with Crippen LogP contribution in [0.25, 0.3) is 6.08 Å².